The molecule has 0 aliphatic carbocycles. The van der Waals surface area contributed by atoms with Crippen LogP contribution < -0.4 is 4.90 Å². The van der Waals surface area contributed by atoms with Crippen LogP contribution in [-0.4, -0.2) is 29.7 Å². The summed E-state index contributed by atoms with van der Waals surface area (Å²) in [4.78, 5) is 51.7. The number of Topliss-reactive ketones (excluding diaryl/α,β-unsaturated/α-hetero) is 1. The maximum absolute atomic E-state index is 12.9. The Morgan fingerprint density at radius 1 is 0.844 bits per heavy atom. The summed E-state index contributed by atoms with van der Waals surface area (Å²) >= 11 is 12.1. The van der Waals surface area contributed by atoms with Crippen LogP contribution in [0.3, 0.4) is 0 Å². The molecule has 0 spiro atoms. The maximum atomic E-state index is 12.9. The van der Waals surface area contributed by atoms with Gasteiger partial charge in [0, 0.05) is 10.6 Å². The van der Waals surface area contributed by atoms with Crippen LogP contribution >= 0.6 is 23.2 Å². The second-order valence-electron chi connectivity index (χ2n) is 7.08. The Morgan fingerprint density at radius 3 is 2.22 bits per heavy atom. The highest BCUT2D eigenvalue weighted by molar-refractivity contribution is 6.41. The van der Waals surface area contributed by atoms with Crippen molar-refractivity contribution in [1.82, 2.24) is 0 Å². The van der Waals surface area contributed by atoms with E-state index >= 15 is 0 Å². The molecular weight excluding hydrogens is 453 g/mol. The fourth-order valence-electron chi connectivity index (χ4n) is 3.37. The van der Waals surface area contributed by atoms with E-state index in [9.17, 15) is 19.2 Å². The number of nitrogens with zero attached hydrogens (tertiary/aromatic N) is 1. The molecule has 0 saturated heterocycles. The van der Waals surface area contributed by atoms with Gasteiger partial charge in [0.05, 0.1) is 27.4 Å². The summed E-state index contributed by atoms with van der Waals surface area (Å²) in [5, 5.41) is 0.499. The third-order valence-corrected chi connectivity index (χ3v) is 5.52. The fraction of sp³-hybridized carbons (Fsp3) is 0.0833. The lowest BCUT2D eigenvalue weighted by Crippen LogP contribution is -2.29. The van der Waals surface area contributed by atoms with E-state index in [2.05, 4.69) is 0 Å². The van der Waals surface area contributed by atoms with Gasteiger partial charge in [0.25, 0.3) is 11.8 Å². The maximum Gasteiger partial charge on any atom is 0.338 e. The van der Waals surface area contributed by atoms with E-state index in [0.29, 0.717) is 10.6 Å². The van der Waals surface area contributed by atoms with Crippen molar-refractivity contribution in [3.8, 4) is 0 Å². The number of hydrogen-bond donors (Lipinski definition) is 0. The molecule has 0 bridgehead atoms. The van der Waals surface area contributed by atoms with Gasteiger partial charge in [-0.2, -0.15) is 0 Å². The van der Waals surface area contributed by atoms with Gasteiger partial charge in [0.2, 0.25) is 5.78 Å². The number of fused-ring (bicyclic) bond motifs is 1. The van der Waals surface area contributed by atoms with Crippen molar-refractivity contribution in [2.45, 2.75) is 13.0 Å². The summed E-state index contributed by atoms with van der Waals surface area (Å²) in [5.41, 5.74) is 0.816. The minimum atomic E-state index is -1.03. The molecule has 8 heteroatoms. The largest absolute Gasteiger partial charge is 0.451 e. The number of esters is 1. The number of anilines is 1. The average molecular weight is 468 g/mol. The first-order valence-electron chi connectivity index (χ1n) is 9.56. The quantitative estimate of drug-likeness (QED) is 0.291. The summed E-state index contributed by atoms with van der Waals surface area (Å²) in [6.07, 6.45) is -1.03. The zero-order valence-electron chi connectivity index (χ0n) is 16.7. The summed E-state index contributed by atoms with van der Waals surface area (Å²) in [7, 11) is 0. The highest BCUT2D eigenvalue weighted by atomic mass is 35.5. The summed E-state index contributed by atoms with van der Waals surface area (Å²) < 4.78 is 5.28. The normalized spacial score (nSPS) is 13.7. The number of benzene rings is 3. The second-order valence-corrected chi connectivity index (χ2v) is 7.92. The standard InChI is InChI=1S/C24H15Cl2NO5/c1-13(21(28)14-5-3-2-4-6-14)32-24(31)15-7-9-17-18(11-15)23(30)27(22(17)29)20-10-8-16(25)12-19(20)26/h2-13H,1H3/t13-/m0/s1. The van der Waals surface area contributed by atoms with E-state index in [-0.39, 0.29) is 33.2 Å². The number of ether oxygens (including phenoxy) is 1. The first-order chi connectivity index (χ1) is 15.3. The molecule has 0 unspecified atom stereocenters. The molecular formula is C24H15Cl2NO5. The molecule has 4 rings (SSSR count). The van der Waals surface area contributed by atoms with E-state index in [1.165, 1.54) is 43.3 Å². The SMILES string of the molecule is C[C@H](OC(=O)c1ccc2c(c1)C(=O)N(c1ccc(Cl)cc1Cl)C2=O)C(=O)c1ccccc1. The number of carbonyl (C=O) groups excluding carboxylic acids is 4. The van der Waals surface area contributed by atoms with E-state index in [1.807, 2.05) is 0 Å². The molecule has 0 radical (unpaired) electrons. The minimum absolute atomic E-state index is 0.0394. The smallest absolute Gasteiger partial charge is 0.338 e. The van der Waals surface area contributed by atoms with Crippen LogP contribution in [0, 0.1) is 0 Å². The van der Waals surface area contributed by atoms with Gasteiger partial charge in [-0.05, 0) is 43.3 Å². The lowest BCUT2D eigenvalue weighted by molar-refractivity contribution is 0.0318. The van der Waals surface area contributed by atoms with E-state index in [0.717, 1.165) is 4.90 Å². The highest BCUT2D eigenvalue weighted by Gasteiger charge is 2.38. The van der Waals surface area contributed by atoms with Crippen molar-refractivity contribution >= 4 is 52.5 Å². The van der Waals surface area contributed by atoms with Crippen LogP contribution in [0.2, 0.25) is 10.0 Å². The van der Waals surface area contributed by atoms with Crippen LogP contribution in [0.15, 0.2) is 66.7 Å². The number of imide groups is 1. The molecule has 2 amide bonds. The van der Waals surface area contributed by atoms with Crippen LogP contribution in [0.4, 0.5) is 5.69 Å². The van der Waals surface area contributed by atoms with Gasteiger partial charge in [-0.1, -0.05) is 53.5 Å². The molecule has 1 aliphatic rings. The Hall–Kier alpha value is -3.48. The van der Waals surface area contributed by atoms with Gasteiger partial charge < -0.3 is 4.74 Å². The predicted octanol–water partition coefficient (Wildman–Crippen LogP) is 5.22. The topological polar surface area (TPSA) is 80.8 Å². The Morgan fingerprint density at radius 2 is 1.53 bits per heavy atom. The molecule has 1 aliphatic heterocycles. The number of carbonyl (C=O) groups is 4. The predicted molar refractivity (Wildman–Crippen MR) is 120 cm³/mol. The molecule has 160 valence electrons. The monoisotopic (exact) mass is 467 g/mol. The van der Waals surface area contributed by atoms with Gasteiger partial charge in [-0.3, -0.25) is 14.4 Å². The number of hydrogen-bond acceptors (Lipinski definition) is 5. The minimum Gasteiger partial charge on any atom is -0.451 e. The Kier molecular flexibility index (Phi) is 5.82. The molecule has 32 heavy (non-hydrogen) atoms. The fourth-order valence-corrected chi connectivity index (χ4v) is 3.86. The molecule has 3 aromatic carbocycles. The number of halogens is 2. The van der Waals surface area contributed by atoms with Gasteiger partial charge in [0.15, 0.2) is 6.10 Å². The van der Waals surface area contributed by atoms with Gasteiger partial charge in [-0.15, -0.1) is 0 Å². The third kappa shape index (κ3) is 3.90. The number of ketones is 1. The number of rotatable bonds is 5. The second kappa shape index (κ2) is 8.57. The molecule has 6 nitrogen and oxygen atoms in total. The molecule has 3 aromatic rings. The van der Waals surface area contributed by atoms with Gasteiger partial charge in [0.1, 0.15) is 0 Å². The van der Waals surface area contributed by atoms with Gasteiger partial charge >= 0.3 is 5.97 Å². The lowest BCUT2D eigenvalue weighted by Gasteiger charge is -2.15. The van der Waals surface area contributed by atoms with Gasteiger partial charge in [-0.25, -0.2) is 9.69 Å². The van der Waals surface area contributed by atoms with Crippen LogP contribution in [0.1, 0.15) is 48.4 Å². The summed E-state index contributed by atoms with van der Waals surface area (Å²) in [6.45, 7) is 1.47. The Labute approximate surface area is 193 Å². The molecule has 0 saturated carbocycles. The Balaban J connectivity index is 1.57. The van der Waals surface area contributed by atoms with Crippen molar-refractivity contribution in [2.24, 2.45) is 0 Å². The molecule has 1 heterocycles. The van der Waals surface area contributed by atoms with Crippen molar-refractivity contribution in [3.05, 3.63) is 99.0 Å². The molecule has 0 fully saturated rings. The first kappa shape index (κ1) is 21.7. The van der Waals surface area contributed by atoms with Crippen LogP contribution in [0.5, 0.6) is 0 Å². The zero-order chi connectivity index (χ0) is 23.0. The van der Waals surface area contributed by atoms with Crippen molar-refractivity contribution in [1.29, 1.82) is 0 Å². The third-order valence-electron chi connectivity index (χ3n) is 4.98. The molecule has 0 N–H and O–H groups in total. The Bertz CT molecular complexity index is 1270. The zero-order valence-corrected chi connectivity index (χ0v) is 18.2. The lowest BCUT2D eigenvalue weighted by atomic mass is 10.1. The van der Waals surface area contributed by atoms with Crippen molar-refractivity contribution < 1.29 is 23.9 Å². The van der Waals surface area contributed by atoms with Crippen molar-refractivity contribution in [2.75, 3.05) is 4.90 Å². The van der Waals surface area contributed by atoms with Crippen LogP contribution in [-0.2, 0) is 4.74 Å². The van der Waals surface area contributed by atoms with E-state index < -0.39 is 23.9 Å². The first-order valence-corrected chi connectivity index (χ1v) is 10.3. The van der Waals surface area contributed by atoms with E-state index in [1.54, 1.807) is 30.3 Å². The summed E-state index contributed by atoms with van der Waals surface area (Å²) in [5.74, 6) is -2.33. The summed E-state index contributed by atoms with van der Waals surface area (Å²) in [6, 6.07) is 16.9. The average Bonchev–Trinajstić information content (AvgIpc) is 3.03. The number of amides is 2. The molecule has 0 aromatic heterocycles. The van der Waals surface area contributed by atoms with E-state index in [4.69, 9.17) is 27.9 Å². The van der Waals surface area contributed by atoms with Crippen molar-refractivity contribution in [3.63, 3.8) is 0 Å². The highest BCUT2D eigenvalue weighted by Crippen LogP contribution is 2.35. The molecule has 1 atom stereocenters. The van der Waals surface area contributed by atoms with Crippen LogP contribution in [0.25, 0.3) is 0 Å².